The molecular formula is C18H21NO5S. The molecule has 4 rings (SSSR count). The Bertz CT molecular complexity index is 912. The molecule has 0 bridgehead atoms. The Labute approximate surface area is 147 Å². The number of carbonyl (C=O) groups excluding carboxylic acids is 1. The maximum absolute atomic E-state index is 12.6. The molecule has 0 N–H and O–H groups in total. The van der Waals surface area contributed by atoms with Gasteiger partial charge in [0.1, 0.15) is 18.2 Å². The van der Waals surface area contributed by atoms with E-state index < -0.39 is 9.84 Å². The lowest BCUT2D eigenvalue weighted by Gasteiger charge is -2.33. The van der Waals surface area contributed by atoms with Gasteiger partial charge in [-0.15, -0.1) is 0 Å². The molecule has 25 heavy (non-hydrogen) atoms. The SMILES string of the molecule is CC(C)=C1Oc2c(cc3c(c2C)OCN(C2CCS(=O)(=O)C2)C3)C1=O. The standard InChI is InChI=1S/C18H21NO5S/c1-10(2)16-15(20)14-6-12-7-19(13-4-5-25(21,22)8-13)9-23-17(12)11(3)18(14)24-16/h6,13H,4-5,7-9H2,1-3H3. The van der Waals surface area contributed by atoms with E-state index in [1.807, 2.05) is 31.7 Å². The Balaban J connectivity index is 1.68. The molecule has 6 nitrogen and oxygen atoms in total. The van der Waals surface area contributed by atoms with Crippen LogP contribution in [0, 0.1) is 6.92 Å². The Morgan fingerprint density at radius 3 is 2.68 bits per heavy atom. The van der Waals surface area contributed by atoms with Gasteiger partial charge in [0.2, 0.25) is 5.78 Å². The molecule has 3 heterocycles. The number of rotatable bonds is 1. The van der Waals surface area contributed by atoms with Crippen LogP contribution in [0.2, 0.25) is 0 Å². The molecule has 1 fully saturated rings. The number of ether oxygens (including phenoxy) is 2. The van der Waals surface area contributed by atoms with Crippen molar-refractivity contribution >= 4 is 15.6 Å². The topological polar surface area (TPSA) is 72.9 Å². The fourth-order valence-corrected chi connectivity index (χ4v) is 5.54. The maximum atomic E-state index is 12.6. The molecule has 1 unspecified atom stereocenters. The normalized spacial score (nSPS) is 24.5. The molecule has 0 aliphatic carbocycles. The van der Waals surface area contributed by atoms with E-state index in [2.05, 4.69) is 0 Å². The number of benzene rings is 1. The van der Waals surface area contributed by atoms with E-state index >= 15 is 0 Å². The number of allylic oxidation sites excluding steroid dienone is 2. The molecule has 3 aliphatic heterocycles. The number of carbonyl (C=O) groups is 1. The van der Waals surface area contributed by atoms with Gasteiger partial charge in [-0.05, 0) is 38.8 Å². The number of sulfone groups is 1. The van der Waals surface area contributed by atoms with Crippen molar-refractivity contribution in [2.24, 2.45) is 0 Å². The van der Waals surface area contributed by atoms with E-state index in [1.54, 1.807) is 0 Å². The molecule has 1 aromatic rings. The summed E-state index contributed by atoms with van der Waals surface area (Å²) < 4.78 is 35.2. The van der Waals surface area contributed by atoms with Crippen LogP contribution in [-0.4, -0.2) is 43.4 Å². The number of nitrogens with zero attached hydrogens (tertiary/aromatic N) is 1. The van der Waals surface area contributed by atoms with Crippen LogP contribution in [-0.2, 0) is 16.4 Å². The molecule has 0 radical (unpaired) electrons. The zero-order valence-corrected chi connectivity index (χ0v) is 15.4. The van der Waals surface area contributed by atoms with Crippen LogP contribution >= 0.6 is 0 Å². The van der Waals surface area contributed by atoms with Crippen LogP contribution in [0.4, 0.5) is 0 Å². The number of hydrogen-bond donors (Lipinski definition) is 0. The van der Waals surface area contributed by atoms with Crippen LogP contribution in [0.15, 0.2) is 17.4 Å². The average Bonchev–Trinajstić information content (AvgIpc) is 3.08. The Hall–Kier alpha value is -1.86. The van der Waals surface area contributed by atoms with Gasteiger partial charge >= 0.3 is 0 Å². The van der Waals surface area contributed by atoms with Gasteiger partial charge in [-0.3, -0.25) is 9.69 Å². The fraction of sp³-hybridized carbons (Fsp3) is 0.500. The van der Waals surface area contributed by atoms with E-state index in [0.717, 1.165) is 22.4 Å². The van der Waals surface area contributed by atoms with E-state index in [-0.39, 0.29) is 23.3 Å². The zero-order chi connectivity index (χ0) is 17.9. The first-order valence-corrected chi connectivity index (χ1v) is 10.2. The summed E-state index contributed by atoms with van der Waals surface area (Å²) in [5, 5.41) is 0. The fourth-order valence-electron chi connectivity index (χ4n) is 3.78. The molecule has 1 atom stereocenters. The summed E-state index contributed by atoms with van der Waals surface area (Å²) in [4.78, 5) is 14.6. The van der Waals surface area contributed by atoms with Crippen molar-refractivity contribution < 1.29 is 22.7 Å². The third-order valence-electron chi connectivity index (χ3n) is 5.12. The third kappa shape index (κ3) is 2.66. The Kier molecular flexibility index (Phi) is 3.70. The summed E-state index contributed by atoms with van der Waals surface area (Å²) in [6.07, 6.45) is 0.634. The predicted octanol–water partition coefficient (Wildman–Crippen LogP) is 2.20. The molecule has 0 saturated carbocycles. The summed E-state index contributed by atoms with van der Waals surface area (Å²) in [6, 6.07) is 1.82. The van der Waals surface area contributed by atoms with Gasteiger partial charge in [-0.1, -0.05) is 0 Å². The lowest BCUT2D eigenvalue weighted by atomic mass is 9.99. The van der Waals surface area contributed by atoms with Gasteiger partial charge in [0.05, 0.1) is 17.1 Å². The van der Waals surface area contributed by atoms with Crippen LogP contribution in [0.5, 0.6) is 11.5 Å². The summed E-state index contributed by atoms with van der Waals surface area (Å²) in [6.45, 7) is 6.55. The van der Waals surface area contributed by atoms with Crippen LogP contribution in [0.1, 0.15) is 41.8 Å². The van der Waals surface area contributed by atoms with Crippen molar-refractivity contribution in [3.8, 4) is 11.5 Å². The van der Waals surface area contributed by atoms with Crippen molar-refractivity contribution in [2.45, 2.75) is 39.8 Å². The number of Topliss-reactive ketones (excluding diaryl/α,β-unsaturated/α-hetero) is 1. The minimum absolute atomic E-state index is 0.0213. The molecule has 0 spiro atoms. The average molecular weight is 363 g/mol. The zero-order valence-electron chi connectivity index (χ0n) is 14.6. The summed E-state index contributed by atoms with van der Waals surface area (Å²) in [7, 11) is -2.94. The predicted molar refractivity (Wildman–Crippen MR) is 92.6 cm³/mol. The lowest BCUT2D eigenvalue weighted by molar-refractivity contribution is 0.0637. The smallest absolute Gasteiger partial charge is 0.231 e. The molecule has 7 heteroatoms. The maximum Gasteiger partial charge on any atom is 0.231 e. The molecule has 1 aromatic carbocycles. The summed E-state index contributed by atoms with van der Waals surface area (Å²) >= 11 is 0. The molecule has 0 aromatic heterocycles. The molecule has 0 amide bonds. The Morgan fingerprint density at radius 2 is 2.04 bits per heavy atom. The monoisotopic (exact) mass is 363 g/mol. The van der Waals surface area contributed by atoms with Gasteiger partial charge in [-0.2, -0.15) is 0 Å². The van der Waals surface area contributed by atoms with Gasteiger partial charge in [0.25, 0.3) is 0 Å². The van der Waals surface area contributed by atoms with Crippen molar-refractivity contribution in [3.05, 3.63) is 34.1 Å². The lowest BCUT2D eigenvalue weighted by Crippen LogP contribution is -2.41. The molecule has 134 valence electrons. The highest BCUT2D eigenvalue weighted by atomic mass is 32.2. The number of hydrogen-bond acceptors (Lipinski definition) is 6. The van der Waals surface area contributed by atoms with Crippen LogP contribution < -0.4 is 9.47 Å². The minimum atomic E-state index is -2.94. The first-order valence-electron chi connectivity index (χ1n) is 8.40. The van der Waals surface area contributed by atoms with Crippen molar-refractivity contribution in [1.29, 1.82) is 0 Å². The van der Waals surface area contributed by atoms with Gasteiger partial charge in [0, 0.05) is 23.7 Å². The van der Waals surface area contributed by atoms with Gasteiger partial charge in [-0.25, -0.2) is 8.42 Å². The summed E-state index contributed by atoms with van der Waals surface area (Å²) in [5.74, 6) is 2.04. The van der Waals surface area contributed by atoms with Crippen LogP contribution in [0.3, 0.4) is 0 Å². The van der Waals surface area contributed by atoms with Crippen LogP contribution in [0.25, 0.3) is 0 Å². The second-order valence-corrected chi connectivity index (χ2v) is 9.43. The first kappa shape index (κ1) is 16.6. The van der Waals surface area contributed by atoms with Gasteiger partial charge < -0.3 is 9.47 Å². The minimum Gasteiger partial charge on any atom is -0.477 e. The number of ketones is 1. The van der Waals surface area contributed by atoms with Gasteiger partial charge in [0.15, 0.2) is 15.6 Å². The second kappa shape index (κ2) is 5.57. The molecular weight excluding hydrogens is 342 g/mol. The summed E-state index contributed by atoms with van der Waals surface area (Å²) in [5.41, 5.74) is 3.16. The van der Waals surface area contributed by atoms with E-state index in [9.17, 15) is 13.2 Å². The van der Waals surface area contributed by atoms with E-state index in [0.29, 0.717) is 36.8 Å². The highest BCUT2D eigenvalue weighted by Gasteiger charge is 2.37. The third-order valence-corrected chi connectivity index (χ3v) is 6.87. The highest BCUT2D eigenvalue weighted by molar-refractivity contribution is 7.91. The molecule has 3 aliphatic rings. The highest BCUT2D eigenvalue weighted by Crippen LogP contribution is 2.43. The van der Waals surface area contributed by atoms with Crippen molar-refractivity contribution in [1.82, 2.24) is 4.90 Å². The quantitative estimate of drug-likeness (QED) is 0.712. The van der Waals surface area contributed by atoms with Crippen molar-refractivity contribution in [2.75, 3.05) is 18.2 Å². The number of fused-ring (bicyclic) bond motifs is 2. The largest absolute Gasteiger partial charge is 0.477 e. The Morgan fingerprint density at radius 1 is 1.28 bits per heavy atom. The van der Waals surface area contributed by atoms with Crippen molar-refractivity contribution in [3.63, 3.8) is 0 Å². The first-order chi connectivity index (χ1) is 11.8. The van der Waals surface area contributed by atoms with E-state index in [4.69, 9.17) is 9.47 Å². The molecule has 1 saturated heterocycles. The van der Waals surface area contributed by atoms with E-state index in [1.165, 1.54) is 0 Å². The second-order valence-electron chi connectivity index (χ2n) is 7.20.